The Kier molecular flexibility index (Phi) is 10.1. The number of hydrogen-bond donors (Lipinski definition) is 2. The Morgan fingerprint density at radius 2 is 1.79 bits per heavy atom. The van der Waals surface area contributed by atoms with Crippen molar-refractivity contribution in [1.29, 1.82) is 0 Å². The van der Waals surface area contributed by atoms with Crippen molar-refractivity contribution >= 4 is 30.4 Å². The number of dihydropyridines is 1. The van der Waals surface area contributed by atoms with Crippen molar-refractivity contribution in [1.82, 2.24) is 5.43 Å². The number of aliphatic imine (C=N–C) groups is 3. The van der Waals surface area contributed by atoms with Crippen molar-refractivity contribution in [3.05, 3.63) is 17.1 Å². The van der Waals surface area contributed by atoms with Crippen molar-refractivity contribution in [2.45, 2.75) is 57.4 Å². The Morgan fingerprint density at radius 1 is 1.12 bits per heavy atom. The summed E-state index contributed by atoms with van der Waals surface area (Å²) in [6.07, 6.45) is 14.8. The molecule has 2 aliphatic rings. The molecule has 24 heavy (non-hydrogen) atoms. The molecule has 0 fully saturated rings. The summed E-state index contributed by atoms with van der Waals surface area (Å²) in [4.78, 5) is 25.3. The number of unbranched alkanes of at least 4 members (excludes halogenated alkanes) is 7. The molecule has 0 aromatic rings. The summed E-state index contributed by atoms with van der Waals surface area (Å²) in [5, 5.41) is 0. The molecule has 0 aliphatic carbocycles. The van der Waals surface area contributed by atoms with Gasteiger partial charge in [0.2, 0.25) is 5.84 Å². The van der Waals surface area contributed by atoms with Crippen LogP contribution < -0.4 is 11.2 Å². The lowest BCUT2D eigenvalue weighted by Gasteiger charge is -2.12. The van der Waals surface area contributed by atoms with Gasteiger partial charge in [-0.15, -0.1) is 12.4 Å². The lowest BCUT2D eigenvalue weighted by Crippen LogP contribution is -2.47. The average Bonchev–Trinajstić information content (AvgIpc) is 2.57. The quantitative estimate of drug-likeness (QED) is 0.465. The smallest absolute Gasteiger partial charge is 0.312 e. The van der Waals surface area contributed by atoms with E-state index >= 15 is 0 Å². The predicted molar refractivity (Wildman–Crippen MR) is 101 cm³/mol. The van der Waals surface area contributed by atoms with Gasteiger partial charge in [0.25, 0.3) is 5.96 Å². The first-order chi connectivity index (χ1) is 11.3. The first-order valence-electron chi connectivity index (χ1n) is 8.58. The number of nitrogens with one attached hydrogen (secondary N) is 1. The molecule has 0 amide bonds. The topological polar surface area (TPSA) is 95.2 Å². The van der Waals surface area contributed by atoms with Crippen LogP contribution in [0.2, 0.25) is 0 Å². The van der Waals surface area contributed by atoms with Gasteiger partial charge in [-0.05, 0) is 25.5 Å². The third kappa shape index (κ3) is 6.88. The molecule has 2 rings (SSSR count). The molecular formula is C16H28ClN6O+. The number of hydrazine groups is 1. The highest BCUT2D eigenvalue weighted by Gasteiger charge is 2.36. The van der Waals surface area contributed by atoms with E-state index in [9.17, 15) is 4.91 Å². The first kappa shape index (κ1) is 20.4. The molecule has 1 unspecified atom stereocenters. The number of halogens is 1. The lowest BCUT2D eigenvalue weighted by atomic mass is 10.1. The van der Waals surface area contributed by atoms with Gasteiger partial charge in [-0.2, -0.15) is 4.99 Å². The summed E-state index contributed by atoms with van der Waals surface area (Å²) in [6, 6.07) is -0.446. The molecule has 0 saturated heterocycles. The zero-order valence-corrected chi connectivity index (χ0v) is 14.9. The van der Waals surface area contributed by atoms with Crippen LogP contribution in [-0.4, -0.2) is 42.0 Å². The third-order valence-electron chi connectivity index (χ3n) is 3.91. The molecule has 0 spiro atoms. The van der Waals surface area contributed by atoms with E-state index in [4.69, 9.17) is 5.73 Å². The molecule has 0 bridgehead atoms. The number of hydrogen-bond acceptors (Lipinski definition) is 4. The highest BCUT2D eigenvalue weighted by molar-refractivity contribution is 6.05. The molecule has 1 atom stereocenters. The van der Waals surface area contributed by atoms with E-state index in [1.165, 1.54) is 32.1 Å². The number of nitroso groups, excluding NO2 is 1. The van der Waals surface area contributed by atoms with Crippen LogP contribution in [0, 0.1) is 4.91 Å². The van der Waals surface area contributed by atoms with E-state index in [1.54, 1.807) is 18.4 Å². The monoisotopic (exact) mass is 355 g/mol. The van der Waals surface area contributed by atoms with Crippen molar-refractivity contribution in [3.63, 3.8) is 0 Å². The van der Waals surface area contributed by atoms with E-state index < -0.39 is 6.04 Å². The summed E-state index contributed by atoms with van der Waals surface area (Å²) in [6.45, 7) is 1.49. The fraction of sp³-hybridized carbons (Fsp3) is 0.688. The van der Waals surface area contributed by atoms with Crippen LogP contribution in [0.1, 0.15) is 51.4 Å². The fourth-order valence-electron chi connectivity index (χ4n) is 2.59. The minimum absolute atomic E-state index is 0. The molecule has 0 saturated carbocycles. The van der Waals surface area contributed by atoms with Crippen molar-refractivity contribution in [2.75, 3.05) is 13.1 Å². The minimum Gasteiger partial charge on any atom is -0.330 e. The number of amidine groups is 1. The van der Waals surface area contributed by atoms with Crippen LogP contribution in [0.4, 0.5) is 0 Å². The Hall–Kier alpha value is -1.60. The van der Waals surface area contributed by atoms with Crippen LogP contribution in [0.25, 0.3) is 0 Å². The van der Waals surface area contributed by atoms with E-state index in [1.807, 2.05) is 0 Å². The Balaban J connectivity index is 0.00000288. The summed E-state index contributed by atoms with van der Waals surface area (Å²) >= 11 is 0. The minimum atomic E-state index is -0.446. The van der Waals surface area contributed by atoms with Crippen LogP contribution >= 0.6 is 12.4 Å². The maximum Gasteiger partial charge on any atom is 0.312 e. The van der Waals surface area contributed by atoms with Crippen LogP contribution in [0.5, 0.6) is 0 Å². The van der Waals surface area contributed by atoms with E-state index in [0.717, 1.165) is 30.7 Å². The van der Waals surface area contributed by atoms with Gasteiger partial charge in [0, 0.05) is 18.8 Å². The van der Waals surface area contributed by atoms with Gasteiger partial charge in [0.05, 0.1) is 4.91 Å². The van der Waals surface area contributed by atoms with Crippen molar-refractivity contribution < 1.29 is 4.87 Å². The molecule has 2 aliphatic heterocycles. The lowest BCUT2D eigenvalue weighted by molar-refractivity contribution is -0.602. The maximum absolute atomic E-state index is 11.8. The number of nitrogens with two attached hydrogens (primary N) is 1. The number of allylic oxidation sites excluding steroid dienone is 1. The molecule has 0 radical (unpaired) electrons. The SMILES string of the molecule is Cl.NCCCCCCCCCCN=C1N=C2N=CC=CC2[N+](=O)N1. The number of nitrogens with zero attached hydrogens (tertiary/aromatic N) is 4. The van der Waals surface area contributed by atoms with E-state index in [-0.39, 0.29) is 12.4 Å². The second-order valence-corrected chi connectivity index (χ2v) is 5.84. The van der Waals surface area contributed by atoms with Gasteiger partial charge in [-0.3, -0.25) is 0 Å². The van der Waals surface area contributed by atoms with Crippen molar-refractivity contribution in [3.8, 4) is 0 Å². The Bertz CT molecular complexity index is 515. The highest BCUT2D eigenvalue weighted by Crippen LogP contribution is 2.09. The molecule has 0 aromatic carbocycles. The molecule has 3 N–H and O–H groups in total. The summed E-state index contributed by atoms with van der Waals surface area (Å²) in [5.74, 6) is 0.859. The zero-order valence-electron chi connectivity index (χ0n) is 14.1. The number of guanidine groups is 1. The zero-order chi connectivity index (χ0) is 16.3. The van der Waals surface area contributed by atoms with Crippen LogP contribution in [0.3, 0.4) is 0 Å². The van der Waals surface area contributed by atoms with Gasteiger partial charge in [-0.1, -0.05) is 44.0 Å². The first-order valence-corrected chi connectivity index (χ1v) is 8.58. The number of fused-ring (bicyclic) bond motifs is 1. The Morgan fingerprint density at radius 3 is 2.50 bits per heavy atom. The van der Waals surface area contributed by atoms with Crippen LogP contribution in [-0.2, 0) is 0 Å². The Labute approximate surface area is 149 Å². The van der Waals surface area contributed by atoms with Gasteiger partial charge < -0.3 is 5.73 Å². The molecule has 2 heterocycles. The van der Waals surface area contributed by atoms with Gasteiger partial charge in [0.15, 0.2) is 0 Å². The standard InChI is InChI=1S/C16H27N6O.ClH/c17-11-7-5-3-1-2-4-6-8-12-19-16-20-15-14(22(23)21-16)10-9-13-18-15;/h9-10,13-14H,1-8,11-12,17H2,(H,19,21,23);1H/q+1;. The normalized spacial score (nSPS) is 20.4. The van der Waals surface area contributed by atoms with Gasteiger partial charge in [-0.25, -0.2) is 9.98 Å². The van der Waals surface area contributed by atoms with Gasteiger partial charge >= 0.3 is 6.04 Å². The second-order valence-electron chi connectivity index (χ2n) is 5.84. The van der Waals surface area contributed by atoms with Gasteiger partial charge in [0.1, 0.15) is 4.87 Å². The summed E-state index contributed by atoms with van der Waals surface area (Å²) in [7, 11) is 0. The van der Waals surface area contributed by atoms with E-state index in [0.29, 0.717) is 18.3 Å². The number of rotatable bonds is 10. The third-order valence-corrected chi connectivity index (χ3v) is 3.91. The second kappa shape index (κ2) is 11.9. The molecule has 0 aromatic heterocycles. The van der Waals surface area contributed by atoms with E-state index in [2.05, 4.69) is 20.4 Å². The van der Waals surface area contributed by atoms with Crippen LogP contribution in [0.15, 0.2) is 27.1 Å². The highest BCUT2D eigenvalue weighted by atomic mass is 35.5. The fourth-order valence-corrected chi connectivity index (χ4v) is 2.59. The molecule has 7 nitrogen and oxygen atoms in total. The molecular weight excluding hydrogens is 328 g/mol. The maximum atomic E-state index is 11.8. The predicted octanol–water partition coefficient (Wildman–Crippen LogP) is 2.55. The average molecular weight is 356 g/mol. The van der Waals surface area contributed by atoms with Crippen molar-refractivity contribution in [2.24, 2.45) is 20.7 Å². The molecule has 8 heteroatoms. The largest absolute Gasteiger partial charge is 0.330 e. The molecule has 134 valence electrons. The summed E-state index contributed by atoms with van der Waals surface area (Å²) < 4.78 is 0. The summed E-state index contributed by atoms with van der Waals surface area (Å²) in [5.41, 5.74) is 8.12.